The number of carbonyl (C=O) groups is 1. The van der Waals surface area contributed by atoms with Crippen molar-refractivity contribution in [2.24, 2.45) is 0 Å². The number of aromatic amines is 1. The number of methoxy groups -OCH3 is 3. The molecule has 6 heteroatoms. The number of hydrogen-bond donors (Lipinski definition) is 1. The number of rotatable bonds is 3. The summed E-state index contributed by atoms with van der Waals surface area (Å²) in [5.41, 5.74) is 2.62. The standard InChI is InChI=1S/C21H20N2O4/c1-25-17-16-12-8-4-6-10-14(12)22-18(16)21(27-3)19(24)13-9-5-7-11-15(13)23(21)20(17)26-2/h4-11,17,20,22H,1-3H3/t17-,20+,21+/m1/s1. The molecule has 5 rings (SSSR count). The Labute approximate surface area is 156 Å². The fourth-order valence-corrected chi connectivity index (χ4v) is 4.65. The highest BCUT2D eigenvalue weighted by molar-refractivity contribution is 6.14. The van der Waals surface area contributed by atoms with Crippen LogP contribution in [0.15, 0.2) is 48.5 Å². The zero-order valence-corrected chi connectivity index (χ0v) is 15.4. The number of carbonyl (C=O) groups excluding carboxylic acids is 1. The summed E-state index contributed by atoms with van der Waals surface area (Å²) in [6, 6.07) is 15.5. The summed E-state index contributed by atoms with van der Waals surface area (Å²) >= 11 is 0. The lowest BCUT2D eigenvalue weighted by molar-refractivity contribution is -0.0973. The van der Waals surface area contributed by atoms with Crippen molar-refractivity contribution in [2.45, 2.75) is 18.1 Å². The van der Waals surface area contributed by atoms with Crippen LogP contribution in [-0.2, 0) is 19.9 Å². The molecule has 2 aliphatic heterocycles. The molecule has 138 valence electrons. The van der Waals surface area contributed by atoms with Crippen molar-refractivity contribution in [3.63, 3.8) is 0 Å². The first-order valence-corrected chi connectivity index (χ1v) is 8.84. The normalized spacial score (nSPS) is 26.2. The Kier molecular flexibility index (Phi) is 3.46. The van der Waals surface area contributed by atoms with E-state index in [2.05, 4.69) is 4.98 Å². The van der Waals surface area contributed by atoms with Gasteiger partial charge in [-0.25, -0.2) is 0 Å². The summed E-state index contributed by atoms with van der Waals surface area (Å²) < 4.78 is 17.7. The summed E-state index contributed by atoms with van der Waals surface area (Å²) in [5.74, 6) is -0.106. The maximum absolute atomic E-state index is 13.6. The molecular formula is C21H20N2O4. The number of fused-ring (bicyclic) bond motifs is 7. The zero-order chi connectivity index (χ0) is 18.8. The molecule has 0 bridgehead atoms. The van der Waals surface area contributed by atoms with E-state index in [4.69, 9.17) is 14.2 Å². The van der Waals surface area contributed by atoms with Crippen molar-refractivity contribution < 1.29 is 19.0 Å². The molecule has 2 aromatic carbocycles. The summed E-state index contributed by atoms with van der Waals surface area (Å²) in [4.78, 5) is 18.9. The molecule has 0 spiro atoms. The molecule has 0 amide bonds. The van der Waals surface area contributed by atoms with Gasteiger partial charge in [0.15, 0.2) is 6.23 Å². The van der Waals surface area contributed by atoms with Gasteiger partial charge in [0, 0.05) is 43.4 Å². The number of ketones is 1. The summed E-state index contributed by atoms with van der Waals surface area (Å²) in [6.45, 7) is 0. The van der Waals surface area contributed by atoms with Crippen molar-refractivity contribution in [2.75, 3.05) is 26.2 Å². The molecule has 1 aromatic heterocycles. The molecule has 0 saturated heterocycles. The van der Waals surface area contributed by atoms with E-state index in [0.29, 0.717) is 11.3 Å². The first kappa shape index (κ1) is 16.5. The van der Waals surface area contributed by atoms with Crippen molar-refractivity contribution in [3.8, 4) is 0 Å². The predicted octanol–water partition coefficient (Wildman–Crippen LogP) is 3.34. The van der Waals surface area contributed by atoms with Gasteiger partial charge in [0.1, 0.15) is 6.10 Å². The van der Waals surface area contributed by atoms with Crippen LogP contribution in [0.25, 0.3) is 10.9 Å². The Bertz CT molecular complexity index is 1060. The van der Waals surface area contributed by atoms with Gasteiger partial charge in [-0.1, -0.05) is 30.3 Å². The fraction of sp³-hybridized carbons (Fsp3) is 0.286. The number of anilines is 1. The van der Waals surface area contributed by atoms with Crippen LogP contribution in [0.4, 0.5) is 5.69 Å². The van der Waals surface area contributed by atoms with E-state index in [1.54, 1.807) is 21.3 Å². The van der Waals surface area contributed by atoms with E-state index >= 15 is 0 Å². The van der Waals surface area contributed by atoms with E-state index in [1.807, 2.05) is 53.4 Å². The Morgan fingerprint density at radius 2 is 1.74 bits per heavy atom. The largest absolute Gasteiger partial charge is 0.372 e. The summed E-state index contributed by atoms with van der Waals surface area (Å²) in [6.07, 6.45) is -0.905. The minimum Gasteiger partial charge on any atom is -0.372 e. The molecule has 0 unspecified atom stereocenters. The van der Waals surface area contributed by atoms with Gasteiger partial charge in [0.05, 0.1) is 11.4 Å². The van der Waals surface area contributed by atoms with Gasteiger partial charge >= 0.3 is 0 Å². The molecule has 1 N–H and O–H groups in total. The van der Waals surface area contributed by atoms with E-state index in [9.17, 15) is 4.79 Å². The minimum atomic E-state index is -1.31. The van der Waals surface area contributed by atoms with Crippen molar-refractivity contribution >= 4 is 22.4 Å². The summed E-state index contributed by atoms with van der Waals surface area (Å²) in [7, 11) is 4.85. The van der Waals surface area contributed by atoms with Gasteiger partial charge in [0.25, 0.3) is 0 Å². The monoisotopic (exact) mass is 364 g/mol. The van der Waals surface area contributed by atoms with E-state index in [-0.39, 0.29) is 11.9 Å². The van der Waals surface area contributed by atoms with Gasteiger partial charge < -0.3 is 24.1 Å². The van der Waals surface area contributed by atoms with Crippen LogP contribution in [0.5, 0.6) is 0 Å². The fourth-order valence-electron chi connectivity index (χ4n) is 4.65. The van der Waals surface area contributed by atoms with Crippen molar-refractivity contribution in [3.05, 3.63) is 65.4 Å². The quantitative estimate of drug-likeness (QED) is 0.772. The molecule has 2 aliphatic rings. The van der Waals surface area contributed by atoms with Crippen LogP contribution >= 0.6 is 0 Å². The first-order chi connectivity index (χ1) is 13.2. The average molecular weight is 364 g/mol. The number of aromatic nitrogens is 1. The number of benzene rings is 2. The third kappa shape index (κ3) is 1.82. The molecule has 0 fully saturated rings. The molecule has 27 heavy (non-hydrogen) atoms. The molecule has 6 nitrogen and oxygen atoms in total. The second-order valence-electron chi connectivity index (χ2n) is 6.81. The SMILES string of the molecule is CO[C@@H]1c2c([nH]c3ccccc23)[C@]2(OC)C(=O)c3ccccc3N2[C@H]1OC. The number of hydrogen-bond acceptors (Lipinski definition) is 5. The van der Waals surface area contributed by atoms with Crippen LogP contribution in [-0.4, -0.2) is 38.3 Å². The highest BCUT2D eigenvalue weighted by Gasteiger charge is 2.62. The second-order valence-corrected chi connectivity index (χ2v) is 6.81. The lowest BCUT2D eigenvalue weighted by Crippen LogP contribution is -2.60. The lowest BCUT2D eigenvalue weighted by atomic mass is 9.89. The maximum atomic E-state index is 13.6. The molecule has 3 heterocycles. The lowest BCUT2D eigenvalue weighted by Gasteiger charge is -2.47. The maximum Gasteiger partial charge on any atom is 0.250 e. The van der Waals surface area contributed by atoms with Gasteiger partial charge in [-0.15, -0.1) is 0 Å². The number of nitrogens with one attached hydrogen (secondary N) is 1. The zero-order valence-electron chi connectivity index (χ0n) is 15.4. The van der Waals surface area contributed by atoms with Crippen molar-refractivity contribution in [1.29, 1.82) is 0 Å². The van der Waals surface area contributed by atoms with E-state index in [1.165, 1.54) is 0 Å². The van der Waals surface area contributed by atoms with E-state index in [0.717, 1.165) is 22.2 Å². The van der Waals surface area contributed by atoms with Crippen LogP contribution in [0.2, 0.25) is 0 Å². The third-order valence-electron chi connectivity index (χ3n) is 5.73. The molecule has 0 radical (unpaired) electrons. The number of para-hydroxylation sites is 2. The Balaban J connectivity index is 1.91. The Morgan fingerprint density at radius 1 is 1.00 bits per heavy atom. The van der Waals surface area contributed by atoms with Gasteiger partial charge in [-0.05, 0) is 18.2 Å². The van der Waals surface area contributed by atoms with Gasteiger partial charge in [0.2, 0.25) is 11.5 Å². The van der Waals surface area contributed by atoms with Crippen molar-refractivity contribution in [1.82, 2.24) is 4.98 Å². The molecule has 3 aromatic rings. The molecule has 0 saturated carbocycles. The van der Waals surface area contributed by atoms with Gasteiger partial charge in [-0.2, -0.15) is 0 Å². The predicted molar refractivity (Wildman–Crippen MR) is 101 cm³/mol. The van der Waals surface area contributed by atoms with E-state index < -0.39 is 12.0 Å². The Morgan fingerprint density at radius 3 is 2.48 bits per heavy atom. The molecule has 3 atom stereocenters. The second kappa shape index (κ2) is 5.66. The van der Waals surface area contributed by atoms with Gasteiger partial charge in [-0.3, -0.25) is 4.79 Å². The smallest absolute Gasteiger partial charge is 0.250 e. The van der Waals surface area contributed by atoms with Crippen LogP contribution in [0.1, 0.15) is 27.7 Å². The minimum absolute atomic E-state index is 0.106. The van der Waals surface area contributed by atoms with Crippen LogP contribution < -0.4 is 4.90 Å². The molecule has 0 aliphatic carbocycles. The third-order valence-corrected chi connectivity index (χ3v) is 5.73. The highest BCUT2D eigenvalue weighted by Crippen LogP contribution is 2.55. The number of H-pyrrole nitrogens is 1. The molecular weight excluding hydrogens is 344 g/mol. The topological polar surface area (TPSA) is 63.8 Å². The highest BCUT2D eigenvalue weighted by atomic mass is 16.6. The number of ether oxygens (including phenoxy) is 3. The first-order valence-electron chi connectivity index (χ1n) is 8.84. The number of Topliss-reactive ketones (excluding diaryl/α,β-unsaturated/α-hetero) is 1. The number of nitrogens with zero attached hydrogens (tertiary/aromatic N) is 1. The Hall–Kier alpha value is -2.67. The summed E-state index contributed by atoms with van der Waals surface area (Å²) in [5, 5.41) is 1.00. The van der Waals surface area contributed by atoms with Crippen LogP contribution in [0, 0.1) is 0 Å². The average Bonchev–Trinajstić information content (AvgIpc) is 3.22. The van der Waals surface area contributed by atoms with Crippen LogP contribution in [0.3, 0.4) is 0 Å².